The predicted octanol–water partition coefficient (Wildman–Crippen LogP) is 4.54. The molecule has 0 N–H and O–H groups in total. The van der Waals surface area contributed by atoms with Crippen LogP contribution in [-0.4, -0.2) is 22.5 Å². The van der Waals surface area contributed by atoms with Crippen LogP contribution in [0.15, 0.2) is 40.9 Å². The van der Waals surface area contributed by atoms with E-state index in [2.05, 4.69) is 10.1 Å². The van der Waals surface area contributed by atoms with Crippen LogP contribution in [0.5, 0.6) is 11.5 Å². The number of para-hydroxylation sites is 1. The SMILES string of the molecule is CCOc1ccccc1-c1noc(COc2ccc(F)c3c2C(=O)C[C@@H]3C)n1. The van der Waals surface area contributed by atoms with Crippen molar-refractivity contribution in [1.29, 1.82) is 0 Å². The highest BCUT2D eigenvalue weighted by Crippen LogP contribution is 2.40. The zero-order valence-electron chi connectivity index (χ0n) is 15.6. The molecule has 1 aliphatic rings. The molecule has 0 amide bonds. The number of nitrogens with zero attached hydrogens (tertiary/aromatic N) is 2. The van der Waals surface area contributed by atoms with Crippen molar-refractivity contribution in [1.82, 2.24) is 10.1 Å². The zero-order valence-corrected chi connectivity index (χ0v) is 15.6. The molecule has 0 fully saturated rings. The summed E-state index contributed by atoms with van der Waals surface area (Å²) < 4.78 is 30.7. The first-order valence-corrected chi connectivity index (χ1v) is 9.11. The van der Waals surface area contributed by atoms with Gasteiger partial charge in [0.1, 0.15) is 17.3 Å². The van der Waals surface area contributed by atoms with Gasteiger partial charge in [-0.3, -0.25) is 4.79 Å². The van der Waals surface area contributed by atoms with E-state index in [9.17, 15) is 9.18 Å². The number of fused-ring (bicyclic) bond motifs is 1. The average Bonchev–Trinajstić information content (AvgIpc) is 3.27. The van der Waals surface area contributed by atoms with Crippen LogP contribution in [-0.2, 0) is 6.61 Å². The number of benzene rings is 2. The second-order valence-electron chi connectivity index (χ2n) is 6.59. The Labute approximate surface area is 161 Å². The molecule has 1 aliphatic carbocycles. The van der Waals surface area contributed by atoms with Crippen molar-refractivity contribution in [2.45, 2.75) is 32.8 Å². The van der Waals surface area contributed by atoms with E-state index in [-0.39, 0.29) is 36.4 Å². The molecule has 7 heteroatoms. The lowest BCUT2D eigenvalue weighted by atomic mass is 10.0. The van der Waals surface area contributed by atoms with Crippen molar-refractivity contribution in [2.24, 2.45) is 0 Å². The van der Waals surface area contributed by atoms with Gasteiger partial charge in [-0.05, 0) is 37.1 Å². The van der Waals surface area contributed by atoms with E-state index in [0.29, 0.717) is 40.6 Å². The summed E-state index contributed by atoms with van der Waals surface area (Å²) in [6.45, 7) is 4.22. The molecule has 0 saturated heterocycles. The van der Waals surface area contributed by atoms with E-state index in [1.807, 2.05) is 38.1 Å². The molecule has 3 aromatic rings. The van der Waals surface area contributed by atoms with Gasteiger partial charge in [-0.1, -0.05) is 24.2 Å². The number of ketones is 1. The van der Waals surface area contributed by atoms with Crippen LogP contribution in [0.3, 0.4) is 0 Å². The topological polar surface area (TPSA) is 74.5 Å². The van der Waals surface area contributed by atoms with Crippen molar-refractivity contribution in [3.63, 3.8) is 0 Å². The maximum Gasteiger partial charge on any atom is 0.264 e. The average molecular weight is 382 g/mol. The molecule has 2 aromatic carbocycles. The Balaban J connectivity index is 1.55. The first-order chi connectivity index (χ1) is 13.6. The number of hydrogen-bond donors (Lipinski definition) is 0. The Morgan fingerprint density at radius 2 is 2.00 bits per heavy atom. The predicted molar refractivity (Wildman–Crippen MR) is 99.0 cm³/mol. The third-order valence-electron chi connectivity index (χ3n) is 4.66. The Morgan fingerprint density at radius 3 is 2.82 bits per heavy atom. The molecule has 4 rings (SSSR count). The first-order valence-electron chi connectivity index (χ1n) is 9.11. The van der Waals surface area contributed by atoms with Crippen LogP contribution in [0.2, 0.25) is 0 Å². The van der Waals surface area contributed by atoms with Crippen molar-refractivity contribution in [3.05, 3.63) is 59.2 Å². The van der Waals surface area contributed by atoms with Crippen molar-refractivity contribution in [2.75, 3.05) is 6.61 Å². The lowest BCUT2D eigenvalue weighted by molar-refractivity contribution is 0.0985. The highest BCUT2D eigenvalue weighted by molar-refractivity contribution is 6.03. The van der Waals surface area contributed by atoms with E-state index in [0.717, 1.165) is 0 Å². The summed E-state index contributed by atoms with van der Waals surface area (Å²) in [7, 11) is 0. The summed E-state index contributed by atoms with van der Waals surface area (Å²) in [5, 5.41) is 3.98. The number of rotatable bonds is 6. The number of Topliss-reactive ketones (excluding diaryl/α,β-unsaturated/α-hetero) is 1. The van der Waals surface area contributed by atoms with E-state index < -0.39 is 0 Å². The third kappa shape index (κ3) is 3.24. The summed E-state index contributed by atoms with van der Waals surface area (Å²) in [6.07, 6.45) is 0.283. The van der Waals surface area contributed by atoms with Gasteiger partial charge in [0.2, 0.25) is 5.82 Å². The lowest BCUT2D eigenvalue weighted by Gasteiger charge is -2.10. The van der Waals surface area contributed by atoms with Gasteiger partial charge in [-0.15, -0.1) is 0 Å². The van der Waals surface area contributed by atoms with Crippen LogP contribution in [0.25, 0.3) is 11.4 Å². The van der Waals surface area contributed by atoms with E-state index in [1.165, 1.54) is 12.1 Å². The summed E-state index contributed by atoms with van der Waals surface area (Å²) >= 11 is 0. The number of carbonyl (C=O) groups excluding carboxylic acids is 1. The van der Waals surface area contributed by atoms with Crippen LogP contribution in [0.4, 0.5) is 4.39 Å². The molecule has 144 valence electrons. The monoisotopic (exact) mass is 382 g/mol. The normalized spacial score (nSPS) is 15.5. The molecule has 28 heavy (non-hydrogen) atoms. The maximum absolute atomic E-state index is 14.1. The molecule has 0 aliphatic heterocycles. The molecule has 0 spiro atoms. The number of aromatic nitrogens is 2. The Morgan fingerprint density at radius 1 is 1.18 bits per heavy atom. The number of hydrogen-bond acceptors (Lipinski definition) is 6. The van der Waals surface area contributed by atoms with Gasteiger partial charge in [0.05, 0.1) is 17.7 Å². The molecular weight excluding hydrogens is 363 g/mol. The highest BCUT2D eigenvalue weighted by atomic mass is 19.1. The largest absolute Gasteiger partial charge is 0.493 e. The van der Waals surface area contributed by atoms with Gasteiger partial charge in [-0.25, -0.2) is 4.39 Å². The fourth-order valence-electron chi connectivity index (χ4n) is 3.44. The quantitative estimate of drug-likeness (QED) is 0.623. The Bertz CT molecular complexity index is 1030. The lowest BCUT2D eigenvalue weighted by Crippen LogP contribution is -2.03. The van der Waals surface area contributed by atoms with Crippen LogP contribution in [0, 0.1) is 5.82 Å². The molecule has 0 bridgehead atoms. The first kappa shape index (κ1) is 18.2. The Hall–Kier alpha value is -3.22. The van der Waals surface area contributed by atoms with Crippen LogP contribution < -0.4 is 9.47 Å². The number of carbonyl (C=O) groups is 1. The Kier molecular flexibility index (Phi) is 4.81. The summed E-state index contributed by atoms with van der Waals surface area (Å²) in [4.78, 5) is 16.6. The smallest absolute Gasteiger partial charge is 0.264 e. The molecule has 0 saturated carbocycles. The molecule has 0 unspecified atom stereocenters. The third-order valence-corrected chi connectivity index (χ3v) is 4.66. The van der Waals surface area contributed by atoms with Crippen molar-refractivity contribution in [3.8, 4) is 22.9 Å². The number of halogens is 1. The molecule has 1 atom stereocenters. The van der Waals surface area contributed by atoms with E-state index in [1.54, 1.807) is 0 Å². The van der Waals surface area contributed by atoms with Crippen LogP contribution >= 0.6 is 0 Å². The van der Waals surface area contributed by atoms with Gasteiger partial charge in [0.25, 0.3) is 5.89 Å². The second kappa shape index (κ2) is 7.42. The summed E-state index contributed by atoms with van der Waals surface area (Å²) in [5.41, 5.74) is 1.44. The maximum atomic E-state index is 14.1. The molecule has 1 heterocycles. The minimum absolute atomic E-state index is 0.0243. The van der Waals surface area contributed by atoms with Crippen molar-refractivity contribution >= 4 is 5.78 Å². The fourth-order valence-corrected chi connectivity index (χ4v) is 3.44. The van der Waals surface area contributed by atoms with Crippen LogP contribution in [0.1, 0.15) is 48.0 Å². The molecule has 0 radical (unpaired) electrons. The minimum Gasteiger partial charge on any atom is -0.493 e. The number of ether oxygens (including phenoxy) is 2. The van der Waals surface area contributed by atoms with Gasteiger partial charge in [0.15, 0.2) is 12.4 Å². The molecule has 6 nitrogen and oxygen atoms in total. The van der Waals surface area contributed by atoms with Gasteiger partial charge in [0, 0.05) is 12.0 Å². The van der Waals surface area contributed by atoms with Crippen molar-refractivity contribution < 1.29 is 23.2 Å². The van der Waals surface area contributed by atoms with E-state index >= 15 is 0 Å². The van der Waals surface area contributed by atoms with E-state index in [4.69, 9.17) is 14.0 Å². The molecule has 1 aromatic heterocycles. The highest BCUT2D eigenvalue weighted by Gasteiger charge is 2.32. The zero-order chi connectivity index (χ0) is 19.7. The summed E-state index contributed by atoms with van der Waals surface area (Å²) in [5.74, 6) is 0.974. The van der Waals surface area contributed by atoms with Gasteiger partial charge < -0.3 is 14.0 Å². The fraction of sp³-hybridized carbons (Fsp3) is 0.286. The standard InChI is InChI=1S/C21H19FN2O4/c1-3-26-16-7-5-4-6-13(16)21-23-18(28-24-21)11-27-17-9-8-14(22)19-12(2)10-15(25)20(17)19/h4-9,12H,3,10-11H2,1-2H3/t12-/m0/s1. The second-order valence-corrected chi connectivity index (χ2v) is 6.59. The minimum atomic E-state index is -0.381. The summed E-state index contributed by atoms with van der Waals surface area (Å²) in [6, 6.07) is 10.2. The van der Waals surface area contributed by atoms with Gasteiger partial charge >= 0.3 is 0 Å². The van der Waals surface area contributed by atoms with Gasteiger partial charge in [-0.2, -0.15) is 4.98 Å². The molecular formula is C21H19FN2O4.